The van der Waals surface area contributed by atoms with Gasteiger partial charge in [-0.2, -0.15) is 0 Å². The SMILES string of the molecule is CCCC(CC)OC[C@](C)(COCC)Cc1ccc(-c2csnn2)cc1. The quantitative estimate of drug-likeness (QED) is 0.498. The van der Waals surface area contributed by atoms with Gasteiger partial charge in [0.1, 0.15) is 5.69 Å². The van der Waals surface area contributed by atoms with Crippen LogP contribution in [0.3, 0.4) is 0 Å². The van der Waals surface area contributed by atoms with Crippen LogP contribution in [-0.4, -0.2) is 35.5 Å². The Kier molecular flexibility index (Phi) is 8.69. The molecule has 26 heavy (non-hydrogen) atoms. The Hall–Kier alpha value is -1.30. The number of nitrogens with zero attached hydrogens (tertiary/aromatic N) is 2. The Bertz CT molecular complexity index is 615. The van der Waals surface area contributed by atoms with Crippen LogP contribution in [0, 0.1) is 5.41 Å². The first-order chi connectivity index (χ1) is 12.6. The third kappa shape index (κ3) is 6.45. The topological polar surface area (TPSA) is 44.2 Å². The summed E-state index contributed by atoms with van der Waals surface area (Å²) >= 11 is 1.38. The van der Waals surface area contributed by atoms with E-state index >= 15 is 0 Å². The number of hydrogen-bond acceptors (Lipinski definition) is 5. The number of ether oxygens (including phenoxy) is 2. The van der Waals surface area contributed by atoms with Gasteiger partial charge in [-0.3, -0.25) is 0 Å². The highest BCUT2D eigenvalue weighted by Crippen LogP contribution is 2.27. The fraction of sp³-hybridized carbons (Fsp3) is 0.619. The first kappa shape index (κ1) is 21.0. The van der Waals surface area contributed by atoms with Gasteiger partial charge in [0.2, 0.25) is 0 Å². The third-order valence-electron chi connectivity index (χ3n) is 4.63. The normalized spacial score (nSPS) is 14.9. The highest BCUT2D eigenvalue weighted by molar-refractivity contribution is 7.03. The van der Waals surface area contributed by atoms with Crippen molar-refractivity contribution in [2.75, 3.05) is 19.8 Å². The molecule has 1 heterocycles. The van der Waals surface area contributed by atoms with Crippen LogP contribution in [-0.2, 0) is 15.9 Å². The predicted molar refractivity (Wildman–Crippen MR) is 109 cm³/mol. The van der Waals surface area contributed by atoms with Crippen LogP contribution in [0.2, 0.25) is 0 Å². The molecule has 0 spiro atoms. The molecule has 0 aliphatic heterocycles. The van der Waals surface area contributed by atoms with Crippen molar-refractivity contribution < 1.29 is 9.47 Å². The van der Waals surface area contributed by atoms with Gasteiger partial charge >= 0.3 is 0 Å². The lowest BCUT2D eigenvalue weighted by Gasteiger charge is -2.31. The van der Waals surface area contributed by atoms with Crippen LogP contribution in [0.25, 0.3) is 11.3 Å². The molecule has 0 radical (unpaired) electrons. The molecule has 2 rings (SSSR count). The summed E-state index contributed by atoms with van der Waals surface area (Å²) in [5, 5.41) is 6.11. The van der Waals surface area contributed by atoms with E-state index < -0.39 is 0 Å². The van der Waals surface area contributed by atoms with Crippen LogP contribution in [0.15, 0.2) is 29.6 Å². The third-order valence-corrected chi connectivity index (χ3v) is 5.13. The molecule has 5 heteroatoms. The summed E-state index contributed by atoms with van der Waals surface area (Å²) in [6.07, 6.45) is 4.63. The maximum atomic E-state index is 6.25. The zero-order valence-electron chi connectivity index (χ0n) is 16.5. The van der Waals surface area contributed by atoms with E-state index in [1.54, 1.807) is 0 Å². The Morgan fingerprint density at radius 3 is 2.46 bits per heavy atom. The van der Waals surface area contributed by atoms with Gasteiger partial charge in [-0.25, -0.2) is 0 Å². The molecule has 2 atom stereocenters. The van der Waals surface area contributed by atoms with Gasteiger partial charge in [-0.1, -0.05) is 55.9 Å². The Morgan fingerprint density at radius 2 is 1.88 bits per heavy atom. The monoisotopic (exact) mass is 376 g/mol. The van der Waals surface area contributed by atoms with Crippen LogP contribution in [0.1, 0.15) is 52.5 Å². The van der Waals surface area contributed by atoms with Crippen molar-refractivity contribution in [2.45, 2.75) is 59.5 Å². The summed E-state index contributed by atoms with van der Waals surface area (Å²) in [4.78, 5) is 0. The van der Waals surface area contributed by atoms with Gasteiger partial charge in [0.25, 0.3) is 0 Å². The van der Waals surface area contributed by atoms with Crippen molar-refractivity contribution in [3.8, 4) is 11.3 Å². The number of rotatable bonds is 12. The van der Waals surface area contributed by atoms with E-state index in [0.29, 0.717) is 12.7 Å². The summed E-state index contributed by atoms with van der Waals surface area (Å²) in [6.45, 7) is 10.9. The highest BCUT2D eigenvalue weighted by Gasteiger charge is 2.27. The van der Waals surface area contributed by atoms with E-state index in [9.17, 15) is 0 Å². The maximum absolute atomic E-state index is 6.25. The molecule has 0 fully saturated rings. The maximum Gasteiger partial charge on any atom is 0.105 e. The number of aromatic nitrogens is 2. The van der Waals surface area contributed by atoms with Crippen molar-refractivity contribution in [3.05, 3.63) is 35.2 Å². The minimum atomic E-state index is -0.0269. The summed E-state index contributed by atoms with van der Waals surface area (Å²) < 4.78 is 16.0. The molecule has 0 aliphatic rings. The summed E-state index contributed by atoms with van der Waals surface area (Å²) in [5.41, 5.74) is 3.32. The average molecular weight is 377 g/mol. The summed E-state index contributed by atoms with van der Waals surface area (Å²) in [6, 6.07) is 8.62. The second kappa shape index (κ2) is 10.8. The molecule has 0 amide bonds. The fourth-order valence-corrected chi connectivity index (χ4v) is 3.58. The van der Waals surface area contributed by atoms with E-state index in [1.165, 1.54) is 17.1 Å². The standard InChI is InChI=1S/C21H32N2O2S/c1-5-8-19(6-2)25-16-21(4,15-24-7-3)13-17-9-11-18(12-10-17)20-14-26-23-22-20/h9-12,14,19H,5-8,13,15-16H2,1-4H3/t19?,21-/m0/s1. The summed E-state index contributed by atoms with van der Waals surface area (Å²) in [5.74, 6) is 0. The first-order valence-electron chi connectivity index (χ1n) is 9.66. The second-order valence-electron chi connectivity index (χ2n) is 7.24. The van der Waals surface area contributed by atoms with Crippen molar-refractivity contribution in [1.29, 1.82) is 0 Å². The van der Waals surface area contributed by atoms with Gasteiger partial charge in [0.05, 0.1) is 19.3 Å². The van der Waals surface area contributed by atoms with Crippen LogP contribution >= 0.6 is 11.5 Å². The first-order valence-corrected chi connectivity index (χ1v) is 10.5. The zero-order valence-corrected chi connectivity index (χ0v) is 17.3. The van der Waals surface area contributed by atoms with Gasteiger partial charge in [0.15, 0.2) is 0 Å². The molecule has 2 aromatic rings. The Balaban J connectivity index is 2.03. The van der Waals surface area contributed by atoms with E-state index in [4.69, 9.17) is 9.47 Å². The van der Waals surface area contributed by atoms with Crippen LogP contribution in [0.4, 0.5) is 0 Å². The molecule has 0 saturated heterocycles. The lowest BCUT2D eigenvalue weighted by atomic mass is 9.84. The van der Waals surface area contributed by atoms with Crippen molar-refractivity contribution in [1.82, 2.24) is 9.59 Å². The van der Waals surface area contributed by atoms with E-state index in [-0.39, 0.29) is 5.41 Å². The van der Waals surface area contributed by atoms with E-state index in [2.05, 4.69) is 54.6 Å². The lowest BCUT2D eigenvalue weighted by molar-refractivity contribution is -0.0443. The highest BCUT2D eigenvalue weighted by atomic mass is 32.1. The molecule has 1 aromatic carbocycles. The van der Waals surface area contributed by atoms with Crippen molar-refractivity contribution in [2.24, 2.45) is 5.41 Å². The number of benzene rings is 1. The molecule has 144 valence electrons. The van der Waals surface area contributed by atoms with Crippen molar-refractivity contribution >= 4 is 11.5 Å². The minimum Gasteiger partial charge on any atom is -0.381 e. The van der Waals surface area contributed by atoms with Gasteiger partial charge in [-0.15, -0.1) is 5.10 Å². The summed E-state index contributed by atoms with van der Waals surface area (Å²) in [7, 11) is 0. The molecule has 1 aromatic heterocycles. The molecule has 0 N–H and O–H groups in total. The van der Waals surface area contributed by atoms with Gasteiger partial charge in [0, 0.05) is 23.0 Å². The molecule has 4 nitrogen and oxygen atoms in total. The molecular weight excluding hydrogens is 344 g/mol. The van der Waals surface area contributed by atoms with Crippen LogP contribution < -0.4 is 0 Å². The molecule has 1 unspecified atom stereocenters. The fourth-order valence-electron chi connectivity index (χ4n) is 3.12. The molecular formula is C21H32N2O2S. The molecule has 0 saturated carbocycles. The largest absolute Gasteiger partial charge is 0.381 e. The minimum absolute atomic E-state index is 0.0269. The van der Waals surface area contributed by atoms with Gasteiger partial charge < -0.3 is 9.47 Å². The number of hydrogen-bond donors (Lipinski definition) is 0. The predicted octanol–water partition coefficient (Wildman–Crippen LogP) is 5.39. The van der Waals surface area contributed by atoms with Gasteiger partial charge in [-0.05, 0) is 43.3 Å². The second-order valence-corrected chi connectivity index (χ2v) is 7.85. The van der Waals surface area contributed by atoms with Crippen LogP contribution in [0.5, 0.6) is 0 Å². The van der Waals surface area contributed by atoms with E-state index in [0.717, 1.165) is 50.2 Å². The molecule has 0 aliphatic carbocycles. The Morgan fingerprint density at radius 1 is 1.12 bits per heavy atom. The smallest absolute Gasteiger partial charge is 0.105 e. The van der Waals surface area contributed by atoms with E-state index in [1.807, 2.05) is 12.3 Å². The van der Waals surface area contributed by atoms with Crippen molar-refractivity contribution in [3.63, 3.8) is 0 Å². The average Bonchev–Trinajstić information content (AvgIpc) is 3.19. The lowest BCUT2D eigenvalue weighted by Crippen LogP contribution is -2.33. The zero-order chi connectivity index (χ0) is 18.8. The molecule has 0 bridgehead atoms. The Labute approximate surface area is 162 Å².